The molecule has 0 bridgehead atoms. The lowest BCUT2D eigenvalue weighted by molar-refractivity contribution is 0.233. The Hall–Kier alpha value is -2.87. The second kappa shape index (κ2) is 8.43. The van der Waals surface area contributed by atoms with Crippen LogP contribution in [-0.4, -0.2) is 50.3 Å². The van der Waals surface area contributed by atoms with E-state index in [0.29, 0.717) is 30.7 Å². The number of aromatic nitrogens is 4. The van der Waals surface area contributed by atoms with Gasteiger partial charge in [0.05, 0.1) is 6.33 Å². The van der Waals surface area contributed by atoms with Gasteiger partial charge in [0, 0.05) is 27.2 Å². The molecule has 0 unspecified atom stereocenters. The van der Waals surface area contributed by atoms with Crippen LogP contribution in [0, 0.1) is 6.92 Å². The minimum Gasteiger partial charge on any atom is -0.492 e. The van der Waals surface area contributed by atoms with Gasteiger partial charge in [-0.05, 0) is 39.1 Å². The van der Waals surface area contributed by atoms with Gasteiger partial charge < -0.3 is 14.2 Å². The number of ether oxygens (including phenoxy) is 1. The predicted molar refractivity (Wildman–Crippen MR) is 109 cm³/mol. The van der Waals surface area contributed by atoms with Gasteiger partial charge in [-0.1, -0.05) is 17.7 Å². The molecule has 0 spiro atoms. The second-order valence-electron chi connectivity index (χ2n) is 7.14. The first-order chi connectivity index (χ1) is 13.4. The first-order valence-corrected chi connectivity index (χ1v) is 9.37. The molecule has 28 heavy (non-hydrogen) atoms. The summed E-state index contributed by atoms with van der Waals surface area (Å²) in [5.74, 6) is 0.860. The van der Waals surface area contributed by atoms with Crippen molar-refractivity contribution in [2.45, 2.75) is 19.9 Å². The molecule has 0 saturated carbocycles. The molecule has 0 aliphatic heterocycles. The summed E-state index contributed by atoms with van der Waals surface area (Å²) in [6.07, 6.45) is 2.25. The number of hydrogen-bond donors (Lipinski definition) is 0. The van der Waals surface area contributed by atoms with Gasteiger partial charge in [-0.3, -0.25) is 13.9 Å². The summed E-state index contributed by atoms with van der Waals surface area (Å²) >= 11 is 0. The summed E-state index contributed by atoms with van der Waals surface area (Å²) in [4.78, 5) is 31.4. The van der Waals surface area contributed by atoms with Gasteiger partial charge in [0.1, 0.15) is 12.4 Å². The van der Waals surface area contributed by atoms with Crippen LogP contribution in [0.25, 0.3) is 11.2 Å². The third kappa shape index (κ3) is 4.17. The van der Waals surface area contributed by atoms with Crippen molar-refractivity contribution in [1.29, 1.82) is 0 Å². The summed E-state index contributed by atoms with van der Waals surface area (Å²) in [7, 11) is 5.40. The Kier molecular flexibility index (Phi) is 5.99. The van der Waals surface area contributed by atoms with Crippen LogP contribution >= 0.6 is 0 Å². The Labute approximate surface area is 163 Å². The number of fused-ring (bicyclic) bond motifs is 1. The van der Waals surface area contributed by atoms with Gasteiger partial charge in [-0.25, -0.2) is 9.78 Å². The maximum Gasteiger partial charge on any atom is 0.332 e. The van der Waals surface area contributed by atoms with Crippen molar-refractivity contribution in [3.05, 3.63) is 57.0 Å². The normalized spacial score (nSPS) is 11.5. The second-order valence-corrected chi connectivity index (χ2v) is 7.14. The van der Waals surface area contributed by atoms with Crippen molar-refractivity contribution in [3.8, 4) is 5.75 Å². The summed E-state index contributed by atoms with van der Waals surface area (Å²) in [6.45, 7) is 4.53. The van der Waals surface area contributed by atoms with Gasteiger partial charge in [-0.2, -0.15) is 0 Å². The highest BCUT2D eigenvalue weighted by molar-refractivity contribution is 5.69. The largest absolute Gasteiger partial charge is 0.492 e. The SMILES string of the molecule is Cc1ccc(OCCN(C)CCCn2c(=O)c3c(ncn3C)n(C)c2=O)cc1. The van der Waals surface area contributed by atoms with Crippen LogP contribution in [-0.2, 0) is 20.6 Å². The van der Waals surface area contributed by atoms with Crippen molar-refractivity contribution in [2.24, 2.45) is 14.1 Å². The summed E-state index contributed by atoms with van der Waals surface area (Å²) < 4.78 is 10.1. The molecule has 2 aromatic heterocycles. The van der Waals surface area contributed by atoms with Gasteiger partial charge in [0.15, 0.2) is 11.2 Å². The van der Waals surface area contributed by atoms with Crippen molar-refractivity contribution >= 4 is 11.2 Å². The van der Waals surface area contributed by atoms with E-state index in [1.807, 2.05) is 38.2 Å². The van der Waals surface area contributed by atoms with Crippen molar-refractivity contribution in [3.63, 3.8) is 0 Å². The van der Waals surface area contributed by atoms with Gasteiger partial charge in [-0.15, -0.1) is 0 Å². The minimum absolute atomic E-state index is 0.288. The number of nitrogens with zero attached hydrogens (tertiary/aromatic N) is 5. The molecule has 3 aromatic rings. The van der Waals surface area contributed by atoms with Crippen LogP contribution < -0.4 is 16.0 Å². The molecule has 0 aliphatic rings. The van der Waals surface area contributed by atoms with E-state index in [9.17, 15) is 9.59 Å². The number of hydrogen-bond acceptors (Lipinski definition) is 5. The minimum atomic E-state index is -0.332. The maximum atomic E-state index is 12.7. The van der Waals surface area contributed by atoms with Crippen LogP contribution in [0.15, 0.2) is 40.2 Å². The summed E-state index contributed by atoms with van der Waals surface area (Å²) in [5, 5.41) is 0. The van der Waals surface area contributed by atoms with E-state index in [4.69, 9.17) is 4.74 Å². The highest BCUT2D eigenvalue weighted by atomic mass is 16.5. The molecule has 1 aromatic carbocycles. The Morgan fingerprint density at radius 2 is 1.82 bits per heavy atom. The lowest BCUT2D eigenvalue weighted by atomic mass is 10.2. The van der Waals surface area contributed by atoms with E-state index >= 15 is 0 Å². The van der Waals surface area contributed by atoms with E-state index in [1.165, 1.54) is 14.7 Å². The van der Waals surface area contributed by atoms with Gasteiger partial charge in [0.2, 0.25) is 0 Å². The van der Waals surface area contributed by atoms with Crippen molar-refractivity contribution in [1.82, 2.24) is 23.6 Å². The highest BCUT2D eigenvalue weighted by Crippen LogP contribution is 2.11. The molecule has 8 heteroatoms. The molecule has 0 aliphatic carbocycles. The Morgan fingerprint density at radius 3 is 2.54 bits per heavy atom. The van der Waals surface area contributed by atoms with Crippen LogP contribution in [0.3, 0.4) is 0 Å². The average Bonchev–Trinajstić information content (AvgIpc) is 3.06. The van der Waals surface area contributed by atoms with E-state index in [1.54, 1.807) is 25.0 Å². The Morgan fingerprint density at radius 1 is 1.11 bits per heavy atom. The zero-order valence-corrected chi connectivity index (χ0v) is 16.9. The quantitative estimate of drug-likeness (QED) is 0.581. The first kappa shape index (κ1) is 19.9. The van der Waals surface area contributed by atoms with Crippen molar-refractivity contribution in [2.75, 3.05) is 26.7 Å². The lowest BCUT2D eigenvalue weighted by Crippen LogP contribution is -2.40. The number of benzene rings is 1. The molecular formula is C20H27N5O3. The van der Waals surface area contributed by atoms with Crippen LogP contribution in [0.4, 0.5) is 0 Å². The Balaban J connectivity index is 1.54. The zero-order chi connectivity index (χ0) is 20.3. The Bertz CT molecular complexity index is 1060. The number of imidazole rings is 1. The molecule has 0 radical (unpaired) electrons. The smallest absolute Gasteiger partial charge is 0.332 e. The van der Waals surface area contributed by atoms with E-state index < -0.39 is 0 Å². The molecular weight excluding hydrogens is 358 g/mol. The fourth-order valence-corrected chi connectivity index (χ4v) is 3.16. The molecule has 2 heterocycles. The molecule has 0 fully saturated rings. The predicted octanol–water partition coefficient (Wildman–Crippen LogP) is 1.14. The number of rotatable bonds is 8. The van der Waals surface area contributed by atoms with E-state index in [-0.39, 0.29) is 11.2 Å². The number of likely N-dealkylation sites (N-methyl/N-ethyl adjacent to an activating group) is 1. The summed E-state index contributed by atoms with van der Waals surface area (Å²) in [5.41, 5.74) is 1.45. The van der Waals surface area contributed by atoms with Gasteiger partial charge in [0.25, 0.3) is 5.56 Å². The van der Waals surface area contributed by atoms with E-state index in [2.05, 4.69) is 9.88 Å². The fraction of sp³-hybridized carbons (Fsp3) is 0.450. The standard InChI is InChI=1S/C20H27N5O3/c1-15-6-8-16(9-7-15)28-13-12-22(2)10-5-11-25-19(26)17-18(21-14-23(17)3)24(4)20(25)27/h6-9,14H,5,10-13H2,1-4H3. The molecule has 0 atom stereocenters. The first-order valence-electron chi connectivity index (χ1n) is 9.37. The molecule has 3 rings (SSSR count). The zero-order valence-electron chi connectivity index (χ0n) is 16.9. The third-order valence-corrected chi connectivity index (χ3v) is 4.89. The highest BCUT2D eigenvalue weighted by Gasteiger charge is 2.14. The molecule has 0 saturated heterocycles. The van der Waals surface area contributed by atoms with Gasteiger partial charge >= 0.3 is 5.69 Å². The maximum absolute atomic E-state index is 12.7. The van der Waals surface area contributed by atoms with Crippen LogP contribution in [0.5, 0.6) is 5.75 Å². The topological polar surface area (TPSA) is 74.3 Å². The molecule has 0 amide bonds. The summed E-state index contributed by atoms with van der Waals surface area (Å²) in [6, 6.07) is 7.98. The molecule has 8 nitrogen and oxygen atoms in total. The average molecular weight is 385 g/mol. The molecule has 0 N–H and O–H groups in total. The van der Waals surface area contributed by atoms with Crippen LogP contribution in [0.2, 0.25) is 0 Å². The lowest BCUT2D eigenvalue weighted by Gasteiger charge is -2.17. The fourth-order valence-electron chi connectivity index (χ4n) is 3.16. The van der Waals surface area contributed by atoms with Crippen LogP contribution in [0.1, 0.15) is 12.0 Å². The third-order valence-electron chi connectivity index (χ3n) is 4.89. The van der Waals surface area contributed by atoms with Crippen molar-refractivity contribution < 1.29 is 4.74 Å². The van der Waals surface area contributed by atoms with E-state index in [0.717, 1.165) is 18.8 Å². The number of aryl methyl sites for hydroxylation is 3. The monoisotopic (exact) mass is 385 g/mol. The molecule has 150 valence electrons.